The minimum atomic E-state index is -0.983. The molecule has 0 aliphatic carbocycles. The maximum Gasteiger partial charge on any atom is 0.326 e. The number of aliphatic carboxylic acids is 1. The van der Waals surface area contributed by atoms with Crippen molar-refractivity contribution in [1.82, 2.24) is 15.1 Å². The molecule has 1 heterocycles. The van der Waals surface area contributed by atoms with E-state index in [4.69, 9.17) is 5.11 Å². The number of nitrogens with zero attached hydrogens (tertiary/aromatic N) is 2. The van der Waals surface area contributed by atoms with E-state index in [1.807, 2.05) is 0 Å². The lowest BCUT2D eigenvalue weighted by atomic mass is 9.97. The molecule has 1 saturated heterocycles. The van der Waals surface area contributed by atoms with E-state index in [0.29, 0.717) is 18.9 Å². The molecular weight excluding hydrogens is 246 g/mol. The van der Waals surface area contributed by atoms with Crippen LogP contribution in [0.4, 0.5) is 4.79 Å². The number of hydrogen-bond donors (Lipinski definition) is 2. The molecule has 0 unspecified atom stereocenters. The molecule has 6 heteroatoms. The Morgan fingerprint density at radius 2 is 2.00 bits per heavy atom. The van der Waals surface area contributed by atoms with Crippen molar-refractivity contribution in [2.45, 2.75) is 32.2 Å². The van der Waals surface area contributed by atoms with Crippen LogP contribution in [-0.4, -0.2) is 66.7 Å². The van der Waals surface area contributed by atoms with Crippen LogP contribution in [-0.2, 0) is 4.79 Å². The van der Waals surface area contributed by atoms with Gasteiger partial charge in [-0.05, 0) is 45.3 Å². The number of carboxylic acids is 1. The van der Waals surface area contributed by atoms with E-state index in [1.54, 1.807) is 18.9 Å². The fourth-order valence-corrected chi connectivity index (χ4v) is 2.31. The monoisotopic (exact) mass is 271 g/mol. The van der Waals surface area contributed by atoms with Crippen molar-refractivity contribution in [2.75, 3.05) is 33.7 Å². The summed E-state index contributed by atoms with van der Waals surface area (Å²) in [5, 5.41) is 11.5. The predicted octanol–water partition coefficient (Wildman–Crippen LogP) is 0.833. The highest BCUT2D eigenvalue weighted by molar-refractivity contribution is 5.82. The lowest BCUT2D eigenvalue weighted by Gasteiger charge is -2.32. The molecule has 0 aromatic heterocycles. The number of carbonyl (C=O) groups excluding carboxylic acids is 1. The van der Waals surface area contributed by atoms with Gasteiger partial charge in [0.15, 0.2) is 0 Å². The Labute approximate surface area is 114 Å². The topological polar surface area (TPSA) is 72.9 Å². The normalized spacial score (nSPS) is 18.9. The molecule has 2 amide bonds. The quantitative estimate of drug-likeness (QED) is 0.777. The maximum absolute atomic E-state index is 11.9. The minimum absolute atomic E-state index is 0.298. The minimum Gasteiger partial charge on any atom is -0.480 e. The van der Waals surface area contributed by atoms with Gasteiger partial charge >= 0.3 is 12.0 Å². The first-order valence-corrected chi connectivity index (χ1v) is 6.87. The third-order valence-corrected chi connectivity index (χ3v) is 3.72. The van der Waals surface area contributed by atoms with E-state index in [1.165, 1.54) is 0 Å². The smallest absolute Gasteiger partial charge is 0.326 e. The van der Waals surface area contributed by atoms with Gasteiger partial charge in [0.1, 0.15) is 6.04 Å². The first-order chi connectivity index (χ1) is 8.93. The van der Waals surface area contributed by atoms with E-state index < -0.39 is 12.0 Å². The van der Waals surface area contributed by atoms with Gasteiger partial charge in [-0.15, -0.1) is 0 Å². The summed E-state index contributed by atoms with van der Waals surface area (Å²) in [4.78, 5) is 26.7. The van der Waals surface area contributed by atoms with Crippen LogP contribution in [0.15, 0.2) is 0 Å². The SMILES string of the molecule is CC[C@@H](NC(=O)N(C)CC1CCN(C)CC1)C(=O)O. The number of carbonyl (C=O) groups is 2. The van der Waals surface area contributed by atoms with E-state index in [0.717, 1.165) is 25.9 Å². The number of piperidine rings is 1. The Kier molecular flexibility index (Phi) is 6.08. The van der Waals surface area contributed by atoms with Gasteiger partial charge in [0.05, 0.1) is 0 Å². The van der Waals surface area contributed by atoms with E-state index in [-0.39, 0.29) is 6.03 Å². The number of likely N-dealkylation sites (tertiary alicyclic amines) is 1. The molecule has 0 aromatic rings. The van der Waals surface area contributed by atoms with Crippen LogP contribution in [0.5, 0.6) is 0 Å². The van der Waals surface area contributed by atoms with Crippen molar-refractivity contribution < 1.29 is 14.7 Å². The van der Waals surface area contributed by atoms with Crippen molar-refractivity contribution in [3.63, 3.8) is 0 Å². The van der Waals surface area contributed by atoms with Gasteiger partial charge in [0, 0.05) is 13.6 Å². The Balaban J connectivity index is 2.38. The number of amides is 2. The zero-order valence-corrected chi connectivity index (χ0v) is 12.1. The molecule has 0 bridgehead atoms. The van der Waals surface area contributed by atoms with E-state index >= 15 is 0 Å². The van der Waals surface area contributed by atoms with Gasteiger partial charge in [-0.3, -0.25) is 0 Å². The first kappa shape index (κ1) is 15.8. The molecule has 0 radical (unpaired) electrons. The Morgan fingerprint density at radius 1 is 1.42 bits per heavy atom. The molecule has 19 heavy (non-hydrogen) atoms. The van der Waals surface area contributed by atoms with Gasteiger partial charge in [-0.25, -0.2) is 9.59 Å². The summed E-state index contributed by atoms with van der Waals surface area (Å²) < 4.78 is 0. The van der Waals surface area contributed by atoms with Crippen LogP contribution in [0.2, 0.25) is 0 Å². The number of rotatable bonds is 5. The first-order valence-electron chi connectivity index (χ1n) is 6.87. The van der Waals surface area contributed by atoms with Crippen LogP contribution in [0.1, 0.15) is 26.2 Å². The molecular formula is C13H25N3O3. The summed E-state index contributed by atoms with van der Waals surface area (Å²) in [7, 11) is 3.83. The van der Waals surface area contributed by atoms with Crippen LogP contribution in [0.25, 0.3) is 0 Å². The number of nitrogens with one attached hydrogen (secondary N) is 1. The summed E-state index contributed by atoms with van der Waals surface area (Å²) in [5.41, 5.74) is 0. The molecule has 1 rings (SSSR count). The number of urea groups is 1. The zero-order chi connectivity index (χ0) is 14.4. The third-order valence-electron chi connectivity index (χ3n) is 3.72. The van der Waals surface area contributed by atoms with Gasteiger partial charge in [0.2, 0.25) is 0 Å². The van der Waals surface area contributed by atoms with Gasteiger partial charge in [-0.1, -0.05) is 6.92 Å². The molecule has 0 aromatic carbocycles. The summed E-state index contributed by atoms with van der Waals surface area (Å²) in [6, 6.07) is -1.10. The highest BCUT2D eigenvalue weighted by atomic mass is 16.4. The Morgan fingerprint density at radius 3 is 2.47 bits per heavy atom. The Bertz CT molecular complexity index is 314. The van der Waals surface area contributed by atoms with Crippen LogP contribution < -0.4 is 5.32 Å². The fourth-order valence-electron chi connectivity index (χ4n) is 2.31. The molecule has 1 aliphatic heterocycles. The van der Waals surface area contributed by atoms with Gasteiger partial charge in [-0.2, -0.15) is 0 Å². The maximum atomic E-state index is 11.9. The molecule has 1 atom stereocenters. The second kappa shape index (κ2) is 7.33. The molecule has 6 nitrogen and oxygen atoms in total. The molecule has 1 aliphatic rings. The lowest BCUT2D eigenvalue weighted by molar-refractivity contribution is -0.139. The summed E-state index contributed by atoms with van der Waals surface area (Å²) in [6.07, 6.45) is 2.57. The lowest BCUT2D eigenvalue weighted by Crippen LogP contribution is -2.48. The summed E-state index contributed by atoms with van der Waals surface area (Å²) in [6.45, 7) is 4.56. The molecule has 0 saturated carbocycles. The predicted molar refractivity (Wildman–Crippen MR) is 73.1 cm³/mol. The Hall–Kier alpha value is -1.30. The van der Waals surface area contributed by atoms with Crippen molar-refractivity contribution in [1.29, 1.82) is 0 Å². The summed E-state index contributed by atoms with van der Waals surface area (Å²) in [5.74, 6) is -0.472. The van der Waals surface area contributed by atoms with Crippen molar-refractivity contribution in [3.05, 3.63) is 0 Å². The largest absolute Gasteiger partial charge is 0.480 e. The molecule has 110 valence electrons. The van der Waals surface area contributed by atoms with E-state index in [9.17, 15) is 9.59 Å². The second-order valence-electron chi connectivity index (χ2n) is 5.38. The molecule has 1 fully saturated rings. The van der Waals surface area contributed by atoms with E-state index in [2.05, 4.69) is 17.3 Å². The average molecular weight is 271 g/mol. The van der Waals surface area contributed by atoms with Crippen LogP contribution in [0, 0.1) is 5.92 Å². The summed E-state index contributed by atoms with van der Waals surface area (Å²) >= 11 is 0. The highest BCUT2D eigenvalue weighted by Gasteiger charge is 2.23. The standard InChI is InChI=1S/C13H25N3O3/c1-4-11(12(17)18)14-13(19)16(3)9-10-5-7-15(2)8-6-10/h10-11H,4-9H2,1-3H3,(H,14,19)(H,17,18)/t11-/m1/s1. The molecule has 0 spiro atoms. The molecule has 2 N–H and O–H groups in total. The highest BCUT2D eigenvalue weighted by Crippen LogP contribution is 2.16. The average Bonchev–Trinajstić information content (AvgIpc) is 2.37. The zero-order valence-electron chi connectivity index (χ0n) is 12.1. The number of carboxylic acid groups (broad SMARTS) is 1. The van der Waals surface area contributed by atoms with Crippen molar-refractivity contribution >= 4 is 12.0 Å². The van der Waals surface area contributed by atoms with Crippen molar-refractivity contribution in [2.24, 2.45) is 5.92 Å². The van der Waals surface area contributed by atoms with Crippen LogP contribution >= 0.6 is 0 Å². The van der Waals surface area contributed by atoms with Crippen molar-refractivity contribution in [3.8, 4) is 0 Å². The number of hydrogen-bond acceptors (Lipinski definition) is 3. The fraction of sp³-hybridized carbons (Fsp3) is 0.846. The van der Waals surface area contributed by atoms with Gasteiger partial charge < -0.3 is 20.2 Å². The second-order valence-corrected chi connectivity index (χ2v) is 5.38. The third kappa shape index (κ3) is 5.06. The van der Waals surface area contributed by atoms with Crippen LogP contribution in [0.3, 0.4) is 0 Å². The van der Waals surface area contributed by atoms with Gasteiger partial charge in [0.25, 0.3) is 0 Å².